The summed E-state index contributed by atoms with van der Waals surface area (Å²) >= 11 is 0. The molecule has 0 aliphatic rings. The molecular weight excluding hydrogens is 216 g/mol. The van der Waals surface area contributed by atoms with Gasteiger partial charge in [-0.2, -0.15) is 0 Å². The zero-order valence-electron chi connectivity index (χ0n) is 10.9. The van der Waals surface area contributed by atoms with E-state index in [9.17, 15) is 0 Å². The molecule has 1 atom stereocenters. The Kier molecular flexibility index (Phi) is 6.58. The number of rotatable bonds is 8. The van der Waals surface area contributed by atoms with Crippen molar-refractivity contribution in [3.63, 3.8) is 0 Å². The molecule has 1 aromatic heterocycles. The summed E-state index contributed by atoms with van der Waals surface area (Å²) in [6.07, 6.45) is 1.95. The molecule has 1 aromatic rings. The topological polar surface area (TPSA) is 43.4 Å². The summed E-state index contributed by atoms with van der Waals surface area (Å²) < 4.78 is 10.9. The number of pyridine rings is 1. The van der Waals surface area contributed by atoms with Crippen LogP contribution in [-0.4, -0.2) is 30.8 Å². The minimum Gasteiger partial charge on any atom is -0.379 e. The van der Waals surface area contributed by atoms with Gasteiger partial charge in [-0.3, -0.25) is 0 Å². The molecular formula is C13H22N2O2. The third-order valence-corrected chi connectivity index (χ3v) is 2.27. The van der Waals surface area contributed by atoms with Crippen molar-refractivity contribution in [3.05, 3.63) is 23.9 Å². The standard InChI is InChI=1S/C13H22N2O2/c1-4-14-13-7-6-12(8-15-13)10-17-11(3)9-16-5-2/h6-8,11H,4-5,9-10H2,1-3H3,(H,14,15). The maximum Gasteiger partial charge on any atom is 0.125 e. The number of aromatic nitrogens is 1. The van der Waals surface area contributed by atoms with E-state index in [0.29, 0.717) is 13.2 Å². The molecule has 1 heterocycles. The van der Waals surface area contributed by atoms with Crippen molar-refractivity contribution in [1.82, 2.24) is 4.98 Å². The van der Waals surface area contributed by atoms with Gasteiger partial charge in [0.2, 0.25) is 0 Å². The number of nitrogens with zero attached hydrogens (tertiary/aromatic N) is 1. The van der Waals surface area contributed by atoms with Gasteiger partial charge in [-0.25, -0.2) is 4.98 Å². The van der Waals surface area contributed by atoms with Gasteiger partial charge in [0.25, 0.3) is 0 Å². The lowest BCUT2D eigenvalue weighted by Gasteiger charge is -2.12. The molecule has 0 saturated heterocycles. The van der Waals surface area contributed by atoms with Crippen molar-refractivity contribution < 1.29 is 9.47 Å². The highest BCUT2D eigenvalue weighted by Crippen LogP contribution is 2.07. The van der Waals surface area contributed by atoms with E-state index in [1.165, 1.54) is 0 Å². The largest absolute Gasteiger partial charge is 0.379 e. The lowest BCUT2D eigenvalue weighted by Crippen LogP contribution is -2.15. The maximum atomic E-state index is 5.64. The van der Waals surface area contributed by atoms with Crippen molar-refractivity contribution in [3.8, 4) is 0 Å². The second-order valence-corrected chi connectivity index (χ2v) is 3.86. The first-order valence-corrected chi connectivity index (χ1v) is 6.14. The number of anilines is 1. The summed E-state index contributed by atoms with van der Waals surface area (Å²) in [5, 5.41) is 3.16. The quantitative estimate of drug-likeness (QED) is 0.755. The molecule has 1 N–H and O–H groups in total. The van der Waals surface area contributed by atoms with E-state index in [-0.39, 0.29) is 6.10 Å². The summed E-state index contributed by atoms with van der Waals surface area (Å²) in [7, 11) is 0. The predicted molar refractivity (Wildman–Crippen MR) is 69.1 cm³/mol. The molecule has 17 heavy (non-hydrogen) atoms. The molecule has 4 nitrogen and oxygen atoms in total. The van der Waals surface area contributed by atoms with Crippen LogP contribution in [0.3, 0.4) is 0 Å². The zero-order valence-corrected chi connectivity index (χ0v) is 10.9. The minimum atomic E-state index is 0.114. The van der Waals surface area contributed by atoms with Crippen molar-refractivity contribution in [1.29, 1.82) is 0 Å². The average Bonchev–Trinajstić information content (AvgIpc) is 2.36. The molecule has 0 bridgehead atoms. The predicted octanol–water partition coefficient (Wildman–Crippen LogP) is 2.46. The van der Waals surface area contributed by atoms with Gasteiger partial charge in [0, 0.05) is 19.3 Å². The maximum absolute atomic E-state index is 5.64. The molecule has 1 rings (SSSR count). The third-order valence-electron chi connectivity index (χ3n) is 2.27. The highest BCUT2D eigenvalue weighted by molar-refractivity contribution is 5.34. The fourth-order valence-electron chi connectivity index (χ4n) is 1.37. The molecule has 1 unspecified atom stereocenters. The van der Waals surface area contributed by atoms with E-state index in [2.05, 4.69) is 10.3 Å². The Morgan fingerprint density at radius 3 is 2.76 bits per heavy atom. The van der Waals surface area contributed by atoms with E-state index in [1.807, 2.05) is 39.1 Å². The third kappa shape index (κ3) is 5.65. The average molecular weight is 238 g/mol. The fourth-order valence-corrected chi connectivity index (χ4v) is 1.37. The second kappa shape index (κ2) is 8.03. The van der Waals surface area contributed by atoms with Crippen molar-refractivity contribution in [2.24, 2.45) is 0 Å². The van der Waals surface area contributed by atoms with Gasteiger partial charge in [-0.15, -0.1) is 0 Å². The molecule has 96 valence electrons. The molecule has 0 aliphatic heterocycles. The van der Waals surface area contributed by atoms with Gasteiger partial charge >= 0.3 is 0 Å². The van der Waals surface area contributed by atoms with Gasteiger partial charge in [-0.1, -0.05) is 6.07 Å². The van der Waals surface area contributed by atoms with Crippen LogP contribution in [0.4, 0.5) is 5.82 Å². The van der Waals surface area contributed by atoms with Crippen LogP contribution in [0.25, 0.3) is 0 Å². The van der Waals surface area contributed by atoms with Crippen molar-refractivity contribution in [2.45, 2.75) is 33.5 Å². The van der Waals surface area contributed by atoms with Gasteiger partial charge in [0.05, 0.1) is 19.3 Å². The Morgan fingerprint density at radius 2 is 2.18 bits per heavy atom. The van der Waals surface area contributed by atoms with Crippen molar-refractivity contribution >= 4 is 5.82 Å². The van der Waals surface area contributed by atoms with E-state index < -0.39 is 0 Å². The van der Waals surface area contributed by atoms with E-state index in [4.69, 9.17) is 9.47 Å². The van der Waals surface area contributed by atoms with Crippen LogP contribution in [-0.2, 0) is 16.1 Å². The summed E-state index contributed by atoms with van der Waals surface area (Å²) in [4.78, 5) is 4.29. The Morgan fingerprint density at radius 1 is 1.35 bits per heavy atom. The smallest absolute Gasteiger partial charge is 0.125 e. The van der Waals surface area contributed by atoms with Crippen LogP contribution in [0.5, 0.6) is 0 Å². The first kappa shape index (κ1) is 13.9. The van der Waals surface area contributed by atoms with Crippen LogP contribution in [0.2, 0.25) is 0 Å². The highest BCUT2D eigenvalue weighted by Gasteiger charge is 2.02. The second-order valence-electron chi connectivity index (χ2n) is 3.86. The Labute approximate surface area is 103 Å². The SMILES string of the molecule is CCNc1ccc(COC(C)COCC)cn1. The Balaban J connectivity index is 2.31. The van der Waals surface area contributed by atoms with Crippen LogP contribution in [0.1, 0.15) is 26.3 Å². The number of hydrogen-bond acceptors (Lipinski definition) is 4. The molecule has 0 spiro atoms. The number of hydrogen-bond donors (Lipinski definition) is 1. The summed E-state index contributed by atoms with van der Waals surface area (Å²) in [6, 6.07) is 3.99. The van der Waals surface area contributed by atoms with Gasteiger partial charge in [0.15, 0.2) is 0 Å². The lowest BCUT2D eigenvalue weighted by molar-refractivity contribution is -0.0117. The van der Waals surface area contributed by atoms with Gasteiger partial charge in [0.1, 0.15) is 5.82 Å². The normalized spacial score (nSPS) is 12.4. The zero-order chi connectivity index (χ0) is 12.5. The van der Waals surface area contributed by atoms with E-state index in [1.54, 1.807) is 0 Å². The fraction of sp³-hybridized carbons (Fsp3) is 0.615. The van der Waals surface area contributed by atoms with Crippen molar-refractivity contribution in [2.75, 3.05) is 25.1 Å². The van der Waals surface area contributed by atoms with Crippen LogP contribution in [0, 0.1) is 0 Å². The molecule has 0 amide bonds. The van der Waals surface area contributed by atoms with E-state index >= 15 is 0 Å². The van der Waals surface area contributed by atoms with Gasteiger partial charge in [-0.05, 0) is 32.4 Å². The molecule has 0 aromatic carbocycles. The molecule has 4 heteroatoms. The Bertz CT molecular complexity index is 301. The summed E-state index contributed by atoms with van der Waals surface area (Å²) in [5.41, 5.74) is 1.08. The minimum absolute atomic E-state index is 0.114. The van der Waals surface area contributed by atoms with Crippen LogP contribution < -0.4 is 5.32 Å². The molecule has 0 saturated carbocycles. The van der Waals surface area contributed by atoms with Crippen LogP contribution in [0.15, 0.2) is 18.3 Å². The molecule has 0 fully saturated rings. The van der Waals surface area contributed by atoms with E-state index in [0.717, 1.165) is 24.5 Å². The molecule has 0 radical (unpaired) electrons. The first-order chi connectivity index (χ1) is 8.26. The van der Waals surface area contributed by atoms with Gasteiger partial charge < -0.3 is 14.8 Å². The number of ether oxygens (including phenoxy) is 2. The number of nitrogens with one attached hydrogen (secondary N) is 1. The summed E-state index contributed by atoms with van der Waals surface area (Å²) in [5.74, 6) is 0.901. The highest BCUT2D eigenvalue weighted by atomic mass is 16.5. The lowest BCUT2D eigenvalue weighted by atomic mass is 10.3. The monoisotopic (exact) mass is 238 g/mol. The first-order valence-electron chi connectivity index (χ1n) is 6.14. The Hall–Kier alpha value is -1.13. The van der Waals surface area contributed by atoms with Crippen LogP contribution >= 0.6 is 0 Å². The summed E-state index contributed by atoms with van der Waals surface area (Å²) in [6.45, 7) is 8.87. The molecule has 0 aliphatic carbocycles.